The highest BCUT2D eigenvalue weighted by molar-refractivity contribution is 7.20. The van der Waals surface area contributed by atoms with Crippen LogP contribution < -0.4 is 10.6 Å². The van der Waals surface area contributed by atoms with Gasteiger partial charge in [0, 0.05) is 35.3 Å². The van der Waals surface area contributed by atoms with Crippen LogP contribution >= 0.6 is 23.7 Å². The van der Waals surface area contributed by atoms with E-state index in [9.17, 15) is 14.9 Å². The number of halogens is 1. The maximum absolute atomic E-state index is 11.8. The fourth-order valence-electron chi connectivity index (χ4n) is 1.64. The molecule has 0 spiro atoms. The van der Waals surface area contributed by atoms with Crippen LogP contribution in [0.5, 0.6) is 0 Å². The molecule has 0 aliphatic rings. The first-order valence-corrected chi connectivity index (χ1v) is 6.54. The molecule has 6 nitrogen and oxygen atoms in total. The highest BCUT2D eigenvalue weighted by Crippen LogP contribution is 2.28. The summed E-state index contributed by atoms with van der Waals surface area (Å²) >= 11 is 1.33. The van der Waals surface area contributed by atoms with E-state index in [1.807, 2.05) is 7.05 Å². The number of fused-ring (bicyclic) bond motifs is 1. The number of rotatable bonds is 5. The number of nitro groups is 1. The van der Waals surface area contributed by atoms with Crippen molar-refractivity contribution in [3.05, 3.63) is 39.3 Å². The second-order valence-corrected chi connectivity index (χ2v) is 5.03. The number of benzene rings is 1. The Hall–Kier alpha value is -1.70. The van der Waals surface area contributed by atoms with Crippen LogP contribution in [0, 0.1) is 10.1 Å². The fraction of sp³-hybridized carbons (Fsp3) is 0.250. The van der Waals surface area contributed by atoms with Crippen molar-refractivity contribution in [2.75, 3.05) is 20.1 Å². The van der Waals surface area contributed by atoms with Crippen molar-refractivity contribution in [1.29, 1.82) is 0 Å². The number of likely N-dealkylation sites (N-methyl/N-ethyl adjacent to an activating group) is 1. The topological polar surface area (TPSA) is 84.3 Å². The third-order valence-corrected chi connectivity index (χ3v) is 3.71. The fourth-order valence-corrected chi connectivity index (χ4v) is 2.60. The van der Waals surface area contributed by atoms with Crippen molar-refractivity contribution in [2.24, 2.45) is 0 Å². The van der Waals surface area contributed by atoms with E-state index in [1.165, 1.54) is 23.5 Å². The normalized spacial score (nSPS) is 10.1. The second-order valence-electron chi connectivity index (χ2n) is 3.95. The summed E-state index contributed by atoms with van der Waals surface area (Å²) in [5.74, 6) is -0.154. The van der Waals surface area contributed by atoms with E-state index in [0.29, 0.717) is 18.0 Å². The first kappa shape index (κ1) is 16.4. The van der Waals surface area contributed by atoms with Gasteiger partial charge >= 0.3 is 0 Å². The zero-order valence-corrected chi connectivity index (χ0v) is 12.3. The lowest BCUT2D eigenvalue weighted by molar-refractivity contribution is -0.384. The number of carbonyl (C=O) groups excluding carboxylic acids is 1. The van der Waals surface area contributed by atoms with Gasteiger partial charge in [-0.2, -0.15) is 0 Å². The summed E-state index contributed by atoms with van der Waals surface area (Å²) in [6, 6.07) is 6.28. The van der Waals surface area contributed by atoms with Crippen molar-refractivity contribution in [1.82, 2.24) is 10.6 Å². The quantitative estimate of drug-likeness (QED) is 0.503. The van der Waals surface area contributed by atoms with Crippen LogP contribution in [0.25, 0.3) is 10.1 Å². The number of non-ortho nitro benzene ring substituents is 1. The van der Waals surface area contributed by atoms with Gasteiger partial charge in [-0.05, 0) is 19.2 Å². The SMILES string of the molecule is CNCCNC(=O)c1cc2cc([N+](=O)[O-])ccc2s1.Cl. The van der Waals surface area contributed by atoms with Crippen LogP contribution in [0.2, 0.25) is 0 Å². The molecule has 2 N–H and O–H groups in total. The molecule has 1 aromatic heterocycles. The van der Waals surface area contributed by atoms with Gasteiger partial charge in [0.1, 0.15) is 0 Å². The summed E-state index contributed by atoms with van der Waals surface area (Å²) in [4.78, 5) is 22.6. The van der Waals surface area contributed by atoms with E-state index >= 15 is 0 Å². The number of amides is 1. The Morgan fingerprint density at radius 3 is 2.75 bits per heavy atom. The molecule has 0 fully saturated rings. The van der Waals surface area contributed by atoms with Gasteiger partial charge in [-0.25, -0.2) is 0 Å². The number of nitro benzene ring substituents is 1. The van der Waals surface area contributed by atoms with E-state index in [0.717, 1.165) is 10.1 Å². The summed E-state index contributed by atoms with van der Waals surface area (Å²) in [6.07, 6.45) is 0. The van der Waals surface area contributed by atoms with Crippen LogP contribution in [-0.4, -0.2) is 31.0 Å². The summed E-state index contributed by atoms with van der Waals surface area (Å²) in [6.45, 7) is 1.24. The standard InChI is InChI=1S/C12H13N3O3S.ClH/c1-13-4-5-14-12(16)11-7-8-6-9(15(17)18)2-3-10(8)19-11;/h2-3,6-7,13H,4-5H2,1H3,(H,14,16);1H. The molecular formula is C12H14ClN3O3S. The molecule has 1 amide bonds. The van der Waals surface area contributed by atoms with Gasteiger partial charge in [0.15, 0.2) is 0 Å². The monoisotopic (exact) mass is 315 g/mol. The first-order chi connectivity index (χ1) is 9.11. The van der Waals surface area contributed by atoms with Crippen LogP contribution in [0.4, 0.5) is 5.69 Å². The maximum Gasteiger partial charge on any atom is 0.270 e. The van der Waals surface area contributed by atoms with Gasteiger partial charge in [-0.15, -0.1) is 23.7 Å². The molecule has 1 aromatic carbocycles. The number of hydrogen-bond acceptors (Lipinski definition) is 5. The highest BCUT2D eigenvalue weighted by atomic mass is 35.5. The summed E-state index contributed by atoms with van der Waals surface area (Å²) < 4.78 is 0.865. The van der Waals surface area contributed by atoms with Crippen molar-refractivity contribution < 1.29 is 9.72 Å². The molecule has 0 aliphatic carbocycles. The molecule has 0 aliphatic heterocycles. The molecule has 1 heterocycles. The molecule has 0 saturated heterocycles. The number of thiophene rings is 1. The van der Waals surface area contributed by atoms with E-state index in [1.54, 1.807) is 12.1 Å². The first-order valence-electron chi connectivity index (χ1n) is 5.72. The Morgan fingerprint density at radius 1 is 1.35 bits per heavy atom. The van der Waals surface area contributed by atoms with Crippen molar-refractivity contribution in [2.45, 2.75) is 0 Å². The van der Waals surface area contributed by atoms with Crippen LogP contribution in [0.1, 0.15) is 9.67 Å². The lowest BCUT2D eigenvalue weighted by Crippen LogP contribution is -2.29. The van der Waals surface area contributed by atoms with Gasteiger partial charge in [0.2, 0.25) is 0 Å². The molecule has 0 unspecified atom stereocenters. The van der Waals surface area contributed by atoms with Gasteiger partial charge in [-0.1, -0.05) is 0 Å². The molecule has 0 atom stereocenters. The Bertz CT molecular complexity index is 629. The van der Waals surface area contributed by atoms with Crippen LogP contribution in [0.15, 0.2) is 24.3 Å². The van der Waals surface area contributed by atoms with Crippen LogP contribution in [0.3, 0.4) is 0 Å². The Morgan fingerprint density at radius 2 is 2.10 bits per heavy atom. The Labute approximate surface area is 125 Å². The smallest absolute Gasteiger partial charge is 0.270 e. The molecule has 108 valence electrons. The van der Waals surface area contributed by atoms with Gasteiger partial charge < -0.3 is 10.6 Å². The number of nitrogens with one attached hydrogen (secondary N) is 2. The predicted molar refractivity (Wildman–Crippen MR) is 82.0 cm³/mol. The summed E-state index contributed by atoms with van der Waals surface area (Å²) in [5, 5.41) is 17.1. The number of nitrogens with zero attached hydrogens (tertiary/aromatic N) is 1. The second kappa shape index (κ2) is 7.18. The number of carbonyl (C=O) groups is 1. The zero-order chi connectivity index (χ0) is 13.8. The third kappa shape index (κ3) is 3.66. The summed E-state index contributed by atoms with van der Waals surface area (Å²) in [7, 11) is 1.81. The molecule has 0 radical (unpaired) electrons. The molecule has 0 saturated carbocycles. The summed E-state index contributed by atoms with van der Waals surface area (Å²) in [5.41, 5.74) is 0.0347. The minimum atomic E-state index is -0.441. The lowest BCUT2D eigenvalue weighted by atomic mass is 10.2. The van der Waals surface area contributed by atoms with E-state index in [2.05, 4.69) is 10.6 Å². The minimum Gasteiger partial charge on any atom is -0.350 e. The van der Waals surface area contributed by atoms with Gasteiger partial charge in [-0.3, -0.25) is 14.9 Å². The molecule has 2 aromatic rings. The molecule has 20 heavy (non-hydrogen) atoms. The average Bonchev–Trinajstić information content (AvgIpc) is 2.81. The van der Waals surface area contributed by atoms with E-state index in [4.69, 9.17) is 0 Å². The van der Waals surface area contributed by atoms with Crippen molar-refractivity contribution in [3.8, 4) is 0 Å². The van der Waals surface area contributed by atoms with E-state index in [-0.39, 0.29) is 24.0 Å². The maximum atomic E-state index is 11.8. The Kier molecular flexibility index (Phi) is 5.87. The third-order valence-electron chi connectivity index (χ3n) is 2.60. The number of hydrogen-bond donors (Lipinski definition) is 2. The average molecular weight is 316 g/mol. The van der Waals surface area contributed by atoms with E-state index < -0.39 is 4.92 Å². The van der Waals surface area contributed by atoms with Gasteiger partial charge in [0.05, 0.1) is 9.80 Å². The zero-order valence-electron chi connectivity index (χ0n) is 10.7. The minimum absolute atomic E-state index is 0. The highest BCUT2D eigenvalue weighted by Gasteiger charge is 2.12. The van der Waals surface area contributed by atoms with Crippen molar-refractivity contribution >= 4 is 45.4 Å². The molecule has 2 rings (SSSR count). The Balaban J connectivity index is 0.00000200. The molecular weight excluding hydrogens is 302 g/mol. The lowest BCUT2D eigenvalue weighted by Gasteiger charge is -2.01. The van der Waals surface area contributed by atoms with Gasteiger partial charge in [0.25, 0.3) is 11.6 Å². The molecule has 8 heteroatoms. The van der Waals surface area contributed by atoms with Crippen LogP contribution in [-0.2, 0) is 0 Å². The molecule has 0 bridgehead atoms. The van der Waals surface area contributed by atoms with Crippen molar-refractivity contribution in [3.63, 3.8) is 0 Å². The largest absolute Gasteiger partial charge is 0.350 e. The predicted octanol–water partition coefficient (Wildman–Crippen LogP) is 2.18.